The van der Waals surface area contributed by atoms with Crippen LogP contribution in [-0.4, -0.2) is 28.3 Å². The number of hydrogen-bond donors (Lipinski definition) is 0. The largest absolute Gasteiger partial charge is 0.333 e. The number of allylic oxidation sites excluding steroid dienone is 2. The van der Waals surface area contributed by atoms with Gasteiger partial charge in [-0.2, -0.15) is 0 Å². The van der Waals surface area contributed by atoms with Crippen molar-refractivity contribution in [3.05, 3.63) is 234 Å². The summed E-state index contributed by atoms with van der Waals surface area (Å²) in [7, 11) is 0. The number of rotatable bonds is 5. The number of aromatic nitrogens is 2. The Labute approximate surface area is 332 Å². The molecule has 5 aliphatic rings. The molecule has 0 N–H and O–H groups in total. The number of hydrogen-bond acceptors (Lipinski definition) is 5. The summed E-state index contributed by atoms with van der Waals surface area (Å²) >= 11 is 0. The minimum atomic E-state index is -0.520. The zero-order chi connectivity index (χ0) is 37.5. The van der Waals surface area contributed by atoms with Crippen LogP contribution in [-0.2, 0) is 5.41 Å². The number of para-hydroxylation sites is 1. The fraction of sp³-hybridized carbons (Fsp3) is 0.0962. The highest BCUT2D eigenvalue weighted by molar-refractivity contribution is 5.95. The van der Waals surface area contributed by atoms with Crippen molar-refractivity contribution in [2.75, 3.05) is 9.80 Å². The van der Waals surface area contributed by atoms with E-state index in [1.165, 1.54) is 72.8 Å². The molecule has 12 rings (SSSR count). The normalized spacial score (nSPS) is 21.5. The van der Waals surface area contributed by atoms with Gasteiger partial charge in [0, 0.05) is 76.7 Å². The van der Waals surface area contributed by atoms with Gasteiger partial charge < -0.3 is 9.80 Å². The van der Waals surface area contributed by atoms with Crippen LogP contribution in [0.5, 0.6) is 0 Å². The monoisotopic (exact) mass is 731 g/mol. The Balaban J connectivity index is 0.917. The first kappa shape index (κ1) is 32.2. The summed E-state index contributed by atoms with van der Waals surface area (Å²) in [5.41, 5.74) is 16.8. The average molecular weight is 732 g/mol. The lowest BCUT2D eigenvalue weighted by atomic mass is 9.67. The fourth-order valence-electron chi connectivity index (χ4n) is 10.5. The van der Waals surface area contributed by atoms with E-state index in [1.54, 1.807) is 0 Å². The highest BCUT2D eigenvalue weighted by atomic mass is 15.2. The number of anilines is 4. The van der Waals surface area contributed by atoms with E-state index in [2.05, 4.69) is 190 Å². The van der Waals surface area contributed by atoms with Crippen molar-refractivity contribution in [1.29, 1.82) is 0 Å². The van der Waals surface area contributed by atoms with E-state index in [1.807, 2.05) is 31.0 Å². The summed E-state index contributed by atoms with van der Waals surface area (Å²) in [5, 5.41) is 0. The number of aliphatic imine (C=N–C) groups is 1. The molecule has 57 heavy (non-hydrogen) atoms. The lowest BCUT2D eigenvalue weighted by Gasteiger charge is -2.36. The van der Waals surface area contributed by atoms with Crippen LogP contribution in [0, 0.1) is 0 Å². The van der Waals surface area contributed by atoms with E-state index in [-0.39, 0.29) is 23.9 Å². The van der Waals surface area contributed by atoms with Gasteiger partial charge in [-0.1, -0.05) is 121 Å². The van der Waals surface area contributed by atoms with Crippen molar-refractivity contribution < 1.29 is 0 Å². The quantitative estimate of drug-likeness (QED) is 0.177. The lowest BCUT2D eigenvalue weighted by Crippen LogP contribution is -2.33. The Bertz CT molecular complexity index is 2780. The van der Waals surface area contributed by atoms with Crippen LogP contribution >= 0.6 is 0 Å². The maximum atomic E-state index is 5.23. The van der Waals surface area contributed by atoms with Crippen LogP contribution in [0.25, 0.3) is 16.7 Å². The van der Waals surface area contributed by atoms with Crippen molar-refractivity contribution in [1.82, 2.24) is 9.97 Å². The Morgan fingerprint density at radius 3 is 1.91 bits per heavy atom. The van der Waals surface area contributed by atoms with Gasteiger partial charge >= 0.3 is 0 Å². The third-order valence-electron chi connectivity index (χ3n) is 12.9. The summed E-state index contributed by atoms with van der Waals surface area (Å²) in [6, 6.07) is 55.9. The first-order valence-corrected chi connectivity index (χ1v) is 19.8. The van der Waals surface area contributed by atoms with Gasteiger partial charge in [-0.3, -0.25) is 15.0 Å². The standard InChI is InChI=1S/C52H37N5/c1-3-10-36(11-4-1)52(37-12-5-2-6-13-37)44-25-26-48-50(49(44)41-15-9-29-55-51(41)52)40-14-7-8-16-45(40)57(48)39-23-19-35(20-24-39)34-17-21-38(22-18-34)56-46-27-30-53-32-42(46)43-33-54-31-28-47(43)56/h1-33,42,46,48,50H. The summed E-state index contributed by atoms with van der Waals surface area (Å²) < 4.78 is 0. The second-order valence-corrected chi connectivity index (χ2v) is 15.5. The van der Waals surface area contributed by atoms with Gasteiger partial charge in [0.25, 0.3) is 0 Å². The summed E-state index contributed by atoms with van der Waals surface area (Å²) in [5.74, 6) is 0.348. The minimum Gasteiger partial charge on any atom is -0.333 e. The molecular weight excluding hydrogens is 695 g/mol. The van der Waals surface area contributed by atoms with Crippen molar-refractivity contribution in [2.45, 2.75) is 29.3 Å². The average Bonchev–Trinajstić information content (AvgIpc) is 3.92. The third-order valence-corrected chi connectivity index (χ3v) is 12.9. The van der Waals surface area contributed by atoms with Crippen LogP contribution in [0.2, 0.25) is 0 Å². The molecule has 4 atom stereocenters. The fourth-order valence-corrected chi connectivity index (χ4v) is 10.5. The smallest absolute Gasteiger partial charge is 0.0883 e. The van der Waals surface area contributed by atoms with E-state index < -0.39 is 5.41 Å². The van der Waals surface area contributed by atoms with E-state index in [9.17, 15) is 0 Å². The molecule has 0 spiro atoms. The van der Waals surface area contributed by atoms with Crippen molar-refractivity contribution in [3.8, 4) is 11.1 Å². The molecule has 5 heterocycles. The maximum absolute atomic E-state index is 5.23. The molecule has 5 aromatic carbocycles. The van der Waals surface area contributed by atoms with Gasteiger partial charge in [0.2, 0.25) is 0 Å². The Kier molecular flexibility index (Phi) is 7.03. The van der Waals surface area contributed by atoms with Crippen LogP contribution < -0.4 is 9.80 Å². The number of fused-ring (bicyclic) bond motifs is 9. The topological polar surface area (TPSA) is 44.6 Å². The van der Waals surface area contributed by atoms with Gasteiger partial charge in [0.15, 0.2) is 0 Å². The SMILES string of the molecule is C1=CC2C(C=N1)c1cnccc1N2c1ccc(-c2ccc(N3c4ccccc4C4C5=C(C=CC43)C(c3ccccc3)(c3ccccc3)c3ncccc35)cc2)cc1. The molecule has 0 saturated heterocycles. The summed E-state index contributed by atoms with van der Waals surface area (Å²) in [6.45, 7) is 0. The predicted octanol–water partition coefficient (Wildman–Crippen LogP) is 11.3. The van der Waals surface area contributed by atoms with E-state index >= 15 is 0 Å². The van der Waals surface area contributed by atoms with Crippen LogP contribution in [0.1, 0.15) is 45.3 Å². The highest BCUT2D eigenvalue weighted by Gasteiger charge is 2.54. The molecule has 270 valence electrons. The predicted molar refractivity (Wildman–Crippen MR) is 231 cm³/mol. The molecule has 2 aromatic heterocycles. The van der Waals surface area contributed by atoms with Gasteiger partial charge in [-0.25, -0.2) is 0 Å². The van der Waals surface area contributed by atoms with Crippen molar-refractivity contribution >= 4 is 34.5 Å². The maximum Gasteiger partial charge on any atom is 0.0883 e. The molecule has 5 heteroatoms. The Morgan fingerprint density at radius 2 is 1.19 bits per heavy atom. The molecule has 3 aliphatic heterocycles. The second-order valence-electron chi connectivity index (χ2n) is 15.5. The Morgan fingerprint density at radius 1 is 0.544 bits per heavy atom. The summed E-state index contributed by atoms with van der Waals surface area (Å²) in [4.78, 5) is 19.1. The zero-order valence-electron chi connectivity index (χ0n) is 31.1. The molecule has 2 aliphatic carbocycles. The lowest BCUT2D eigenvalue weighted by molar-refractivity contribution is 0.710. The van der Waals surface area contributed by atoms with E-state index in [0.29, 0.717) is 0 Å². The Hall–Kier alpha value is -7.11. The number of pyridine rings is 2. The third kappa shape index (κ3) is 4.54. The van der Waals surface area contributed by atoms with E-state index in [0.717, 1.165) is 5.69 Å². The number of benzene rings is 5. The molecule has 0 radical (unpaired) electrons. The van der Waals surface area contributed by atoms with Gasteiger partial charge in [0.1, 0.15) is 0 Å². The summed E-state index contributed by atoms with van der Waals surface area (Å²) in [6.07, 6.45) is 16.9. The van der Waals surface area contributed by atoms with Crippen molar-refractivity contribution in [3.63, 3.8) is 0 Å². The molecule has 7 aromatic rings. The van der Waals surface area contributed by atoms with Crippen molar-refractivity contribution in [2.24, 2.45) is 4.99 Å². The first-order chi connectivity index (χ1) is 28.3. The van der Waals surface area contributed by atoms with Gasteiger partial charge in [-0.15, -0.1) is 0 Å². The molecule has 0 fully saturated rings. The van der Waals surface area contributed by atoms with Crippen LogP contribution in [0.4, 0.5) is 22.7 Å². The first-order valence-electron chi connectivity index (χ1n) is 19.8. The second kappa shape index (κ2) is 12.5. The van der Waals surface area contributed by atoms with Crippen LogP contribution in [0.15, 0.2) is 205 Å². The molecule has 4 unspecified atom stereocenters. The molecule has 0 bridgehead atoms. The van der Waals surface area contributed by atoms with Crippen LogP contribution in [0.3, 0.4) is 0 Å². The highest BCUT2D eigenvalue weighted by Crippen LogP contribution is 2.63. The van der Waals surface area contributed by atoms with E-state index in [4.69, 9.17) is 4.98 Å². The molecule has 0 saturated carbocycles. The number of nitrogens with zero attached hydrogens (tertiary/aromatic N) is 5. The van der Waals surface area contributed by atoms with Gasteiger partial charge in [0.05, 0.1) is 23.2 Å². The molecular formula is C52H37N5. The minimum absolute atomic E-state index is 0.114. The molecule has 5 nitrogen and oxygen atoms in total. The zero-order valence-corrected chi connectivity index (χ0v) is 31.1. The molecule has 0 amide bonds. The van der Waals surface area contributed by atoms with Gasteiger partial charge in [-0.05, 0) is 87.5 Å².